The van der Waals surface area contributed by atoms with Gasteiger partial charge in [-0.05, 0) is 71.8 Å². The molecule has 2 saturated heterocycles. The van der Waals surface area contributed by atoms with Crippen molar-refractivity contribution in [3.8, 4) is 5.75 Å². The number of anilines is 3. The lowest BCUT2D eigenvalue weighted by atomic mass is 9.82. The van der Waals surface area contributed by atoms with Gasteiger partial charge in [-0.2, -0.15) is 0 Å². The third-order valence-corrected chi connectivity index (χ3v) is 17.5. The number of amides is 3. The molecule has 10 heteroatoms. The Bertz CT molecular complexity index is 2380. The molecule has 286 valence electrons. The summed E-state index contributed by atoms with van der Waals surface area (Å²) in [6.45, 7) is 7.59. The number of nitrogens with zero attached hydrogens (tertiary/aromatic N) is 3. The lowest BCUT2D eigenvalue weighted by molar-refractivity contribution is -0.150. The third kappa shape index (κ3) is 5.44. The summed E-state index contributed by atoms with van der Waals surface area (Å²) >= 11 is 0. The molecule has 3 amide bonds. The van der Waals surface area contributed by atoms with Crippen molar-refractivity contribution in [1.82, 2.24) is 4.90 Å². The van der Waals surface area contributed by atoms with Crippen molar-refractivity contribution < 1.29 is 29.0 Å². The molecule has 9 nitrogen and oxygen atoms in total. The molecular weight excluding hydrogens is 719 g/mol. The lowest BCUT2D eigenvalue weighted by Gasteiger charge is -2.37. The first-order valence-corrected chi connectivity index (χ1v) is 22.8. The Kier molecular flexibility index (Phi) is 8.91. The summed E-state index contributed by atoms with van der Waals surface area (Å²) in [5, 5.41) is 13.3. The topological polar surface area (TPSA) is 99.6 Å². The summed E-state index contributed by atoms with van der Waals surface area (Å²) < 4.78 is 12.7. The molecule has 1 N–H and O–H groups in total. The number of fused-ring (bicyclic) bond motifs is 2. The fourth-order valence-electron chi connectivity index (χ4n) is 10.4. The van der Waals surface area contributed by atoms with Gasteiger partial charge in [0.1, 0.15) is 5.75 Å². The smallest absolute Gasteiger partial charge is 0.264 e. The minimum Gasteiger partial charge on any atom is -0.497 e. The Labute approximate surface area is 328 Å². The molecule has 4 aliphatic heterocycles. The Hall–Kier alpha value is -5.29. The first-order chi connectivity index (χ1) is 27.1. The number of para-hydroxylation sites is 1. The number of benzene rings is 5. The fraction of sp³-hybridized carbons (Fsp3) is 0.326. The van der Waals surface area contributed by atoms with Gasteiger partial charge in [0.2, 0.25) is 5.91 Å². The van der Waals surface area contributed by atoms with E-state index in [1.807, 2.05) is 107 Å². The Balaban J connectivity index is 1.08. The number of carbonyl (C=O) groups excluding carboxylic acids is 3. The zero-order valence-corrected chi connectivity index (χ0v) is 33.3. The summed E-state index contributed by atoms with van der Waals surface area (Å²) in [6.07, 6.45) is 1.25. The average Bonchev–Trinajstić information content (AvgIpc) is 3.95. The van der Waals surface area contributed by atoms with Gasteiger partial charge in [-0.3, -0.25) is 19.3 Å². The highest BCUT2D eigenvalue weighted by atomic mass is 28.3. The lowest BCUT2D eigenvalue weighted by Crippen LogP contribution is -2.52. The van der Waals surface area contributed by atoms with Crippen molar-refractivity contribution in [2.24, 2.45) is 5.92 Å². The van der Waals surface area contributed by atoms with E-state index in [-0.39, 0.29) is 54.8 Å². The maximum absolute atomic E-state index is 15.4. The van der Waals surface area contributed by atoms with E-state index in [0.717, 1.165) is 57.6 Å². The van der Waals surface area contributed by atoms with Crippen LogP contribution in [0.1, 0.15) is 47.7 Å². The summed E-state index contributed by atoms with van der Waals surface area (Å²) in [7, 11) is -0.808. The summed E-state index contributed by atoms with van der Waals surface area (Å²) in [6, 6.07) is 35.6. The van der Waals surface area contributed by atoms with Crippen molar-refractivity contribution >= 4 is 58.8 Å². The number of aliphatic hydroxyl groups excluding tert-OH is 1. The molecule has 0 saturated carbocycles. The van der Waals surface area contributed by atoms with E-state index in [9.17, 15) is 14.7 Å². The molecule has 5 aromatic rings. The van der Waals surface area contributed by atoms with Gasteiger partial charge in [0.25, 0.3) is 11.8 Å². The Morgan fingerprint density at radius 3 is 2.43 bits per heavy atom. The number of hydrogen-bond donors (Lipinski definition) is 1. The molecule has 0 radical (unpaired) electrons. The monoisotopic (exact) mass is 765 g/mol. The quantitative estimate of drug-likeness (QED) is 0.159. The van der Waals surface area contributed by atoms with Crippen molar-refractivity contribution in [1.29, 1.82) is 0 Å². The van der Waals surface area contributed by atoms with Crippen molar-refractivity contribution in [3.63, 3.8) is 0 Å². The molecule has 2 fully saturated rings. The SMILES string of the molecule is COc1ccc([Si](C)(C)[C@@H]2[C@@H](CC(=O)N3CCC[C@H]3CO)O[C@]3(C(=O)N(Cc4cccc(N5C(=O)c6cccc7cccc5c67)c4)c4ccccc43)[C@H]2C)cc1. The van der Waals surface area contributed by atoms with Gasteiger partial charge in [-0.25, -0.2) is 0 Å². The molecule has 1 spiro atoms. The number of carbonyl (C=O) groups is 3. The second-order valence-electron chi connectivity index (χ2n) is 16.3. The van der Waals surface area contributed by atoms with Crippen LogP contribution in [0.3, 0.4) is 0 Å². The molecule has 4 aliphatic rings. The van der Waals surface area contributed by atoms with Crippen LogP contribution in [-0.2, 0) is 26.5 Å². The molecule has 4 heterocycles. The van der Waals surface area contributed by atoms with Crippen molar-refractivity contribution in [3.05, 3.63) is 126 Å². The molecule has 0 aliphatic carbocycles. The maximum atomic E-state index is 15.4. The number of ether oxygens (including phenoxy) is 2. The van der Waals surface area contributed by atoms with Gasteiger partial charge in [0, 0.05) is 29.1 Å². The summed E-state index contributed by atoms with van der Waals surface area (Å²) in [5.41, 5.74) is 3.37. The Morgan fingerprint density at radius 1 is 0.929 bits per heavy atom. The zero-order valence-electron chi connectivity index (χ0n) is 32.3. The van der Waals surface area contributed by atoms with E-state index in [1.165, 1.54) is 5.19 Å². The third-order valence-electron chi connectivity index (χ3n) is 13.1. The van der Waals surface area contributed by atoms with Crippen LogP contribution < -0.4 is 19.7 Å². The second kappa shape index (κ2) is 13.7. The number of likely N-dealkylation sites (tertiary alicyclic amines) is 1. The van der Waals surface area contributed by atoms with E-state index in [1.54, 1.807) is 12.0 Å². The van der Waals surface area contributed by atoms with Crippen LogP contribution in [-0.4, -0.2) is 68.2 Å². The highest BCUT2D eigenvalue weighted by Gasteiger charge is 2.66. The van der Waals surface area contributed by atoms with Crippen LogP contribution in [0.25, 0.3) is 10.8 Å². The van der Waals surface area contributed by atoms with E-state index in [0.29, 0.717) is 12.1 Å². The van der Waals surface area contributed by atoms with Gasteiger partial charge < -0.3 is 24.4 Å². The predicted molar refractivity (Wildman–Crippen MR) is 221 cm³/mol. The number of aliphatic hydroxyl groups is 1. The van der Waals surface area contributed by atoms with Crippen molar-refractivity contribution in [2.45, 2.75) is 69.1 Å². The minimum absolute atomic E-state index is 0.0398. The van der Waals surface area contributed by atoms with Crippen LogP contribution in [0.2, 0.25) is 18.6 Å². The zero-order chi connectivity index (χ0) is 38.9. The largest absolute Gasteiger partial charge is 0.497 e. The average molecular weight is 766 g/mol. The first-order valence-electron chi connectivity index (χ1n) is 19.7. The molecular formula is C46H47N3O6Si. The van der Waals surface area contributed by atoms with E-state index < -0.39 is 19.8 Å². The summed E-state index contributed by atoms with van der Waals surface area (Å²) in [4.78, 5) is 48.7. The Morgan fingerprint density at radius 2 is 1.66 bits per heavy atom. The second-order valence-corrected chi connectivity index (χ2v) is 21.0. The number of rotatable bonds is 9. The van der Waals surface area contributed by atoms with Gasteiger partial charge in [-0.15, -0.1) is 0 Å². The number of methoxy groups -OCH3 is 1. The fourth-order valence-corrected chi connectivity index (χ4v) is 14.4. The van der Waals surface area contributed by atoms with Crippen LogP contribution >= 0.6 is 0 Å². The predicted octanol–water partition coefficient (Wildman–Crippen LogP) is 7.28. The van der Waals surface area contributed by atoms with Crippen LogP contribution in [0, 0.1) is 5.92 Å². The molecule has 0 bridgehead atoms. The summed E-state index contributed by atoms with van der Waals surface area (Å²) in [5.74, 6) is 0.263. The highest BCUT2D eigenvalue weighted by molar-refractivity contribution is 6.91. The molecule has 0 unspecified atom stereocenters. The highest BCUT2D eigenvalue weighted by Crippen LogP contribution is 2.60. The van der Waals surface area contributed by atoms with E-state index in [2.05, 4.69) is 32.2 Å². The van der Waals surface area contributed by atoms with E-state index in [4.69, 9.17) is 9.47 Å². The van der Waals surface area contributed by atoms with Crippen molar-refractivity contribution in [2.75, 3.05) is 30.1 Å². The first kappa shape index (κ1) is 36.4. The maximum Gasteiger partial charge on any atom is 0.264 e. The van der Waals surface area contributed by atoms with Crippen LogP contribution in [0.4, 0.5) is 17.1 Å². The normalized spacial score (nSPS) is 24.2. The molecule has 0 aromatic heterocycles. The minimum atomic E-state index is -2.47. The molecule has 9 rings (SSSR count). The van der Waals surface area contributed by atoms with Gasteiger partial charge >= 0.3 is 0 Å². The molecule has 5 aromatic carbocycles. The van der Waals surface area contributed by atoms with Gasteiger partial charge in [0.05, 0.1) is 63.8 Å². The van der Waals surface area contributed by atoms with E-state index >= 15 is 4.79 Å². The molecule has 5 atom stereocenters. The van der Waals surface area contributed by atoms with Crippen LogP contribution in [0.15, 0.2) is 109 Å². The standard InChI is InChI=1S/C46H47N3O6Si/c1-29-43(56(3,4)35-22-20-34(54-2)21-23-35)40(26-41(51)47-24-10-15-33(47)28-50)55-46(29)37-17-5-6-18-38(37)48(45(46)53)27-30-11-7-14-32(25-30)49-39-19-9-13-31-12-8-16-36(42(31)39)44(49)52/h5-9,11-14,16-23,25,29,33,40,43,50H,10,15,24,26-28H2,1-4H3/t29-,33-,40+,43-,46+/m0/s1. The molecule has 56 heavy (non-hydrogen) atoms. The van der Waals surface area contributed by atoms with Crippen LogP contribution in [0.5, 0.6) is 5.75 Å². The van der Waals surface area contributed by atoms with Gasteiger partial charge in [-0.1, -0.05) is 91.9 Å². The van der Waals surface area contributed by atoms with Gasteiger partial charge in [0.15, 0.2) is 5.60 Å². The number of hydrogen-bond acceptors (Lipinski definition) is 6.